The summed E-state index contributed by atoms with van der Waals surface area (Å²) in [4.78, 5) is 0. The van der Waals surface area contributed by atoms with Crippen molar-refractivity contribution in [2.45, 2.75) is 52.1 Å². The fourth-order valence-electron chi connectivity index (χ4n) is 3.22. The van der Waals surface area contributed by atoms with Crippen molar-refractivity contribution in [3.05, 3.63) is 82.9 Å². The Bertz CT molecular complexity index is 1230. The first kappa shape index (κ1) is 27.2. The van der Waals surface area contributed by atoms with E-state index < -0.39 is 8.32 Å². The van der Waals surface area contributed by atoms with Gasteiger partial charge in [0, 0.05) is 5.56 Å². The maximum Gasteiger partial charge on any atom is 0.192 e. The van der Waals surface area contributed by atoms with Crippen molar-refractivity contribution in [1.29, 1.82) is 0 Å². The summed E-state index contributed by atoms with van der Waals surface area (Å²) in [6.07, 6.45) is 0. The molecular weight excluding hydrogens is 468 g/mol. The van der Waals surface area contributed by atoms with Gasteiger partial charge in [-0.05, 0) is 59.6 Å². The molecule has 0 amide bonds. The van der Waals surface area contributed by atoms with E-state index in [1.807, 2.05) is 54.6 Å². The number of aromatic hydroxyl groups is 1. The smallest absolute Gasteiger partial charge is 0.192 e. The maximum atomic E-state index is 10.7. The van der Waals surface area contributed by atoms with Gasteiger partial charge in [-0.2, -0.15) is 0 Å². The monoisotopic (exact) mass is 504 g/mol. The van der Waals surface area contributed by atoms with Crippen molar-refractivity contribution < 1.29 is 23.7 Å². The lowest BCUT2D eigenvalue weighted by Gasteiger charge is -2.36. The van der Waals surface area contributed by atoms with E-state index in [1.165, 1.54) is 7.11 Å². The molecule has 3 aromatic carbocycles. The van der Waals surface area contributed by atoms with Crippen LogP contribution in [0.1, 0.15) is 43.0 Å². The third-order valence-electron chi connectivity index (χ3n) is 6.50. The van der Waals surface area contributed by atoms with Gasteiger partial charge in [-0.3, -0.25) is 0 Å². The second-order valence-corrected chi connectivity index (χ2v) is 14.9. The van der Waals surface area contributed by atoms with Crippen LogP contribution in [-0.4, -0.2) is 27.6 Å². The van der Waals surface area contributed by atoms with Crippen LogP contribution in [0.25, 0.3) is 0 Å². The van der Waals surface area contributed by atoms with Gasteiger partial charge in [-0.15, -0.1) is 0 Å². The summed E-state index contributed by atoms with van der Waals surface area (Å²) in [6, 6.07) is 19.1. The molecule has 0 radical (unpaired) electrons. The molecular formula is C30H36O5Si. The average molecular weight is 505 g/mol. The summed E-state index contributed by atoms with van der Waals surface area (Å²) < 4.78 is 23.2. The van der Waals surface area contributed by atoms with Crippen LogP contribution in [0, 0.1) is 11.8 Å². The van der Waals surface area contributed by atoms with Crippen LogP contribution in [0.15, 0.2) is 60.7 Å². The quantitative estimate of drug-likeness (QED) is 0.267. The molecule has 0 aliphatic carbocycles. The van der Waals surface area contributed by atoms with E-state index in [1.54, 1.807) is 13.2 Å². The first-order chi connectivity index (χ1) is 17.0. The Morgan fingerprint density at radius 3 is 2.11 bits per heavy atom. The summed E-state index contributed by atoms with van der Waals surface area (Å²) >= 11 is 0. The summed E-state index contributed by atoms with van der Waals surface area (Å²) in [5, 5.41) is 10.8. The number of benzene rings is 3. The first-order valence-electron chi connectivity index (χ1n) is 11.9. The minimum Gasteiger partial charge on any atom is -0.503 e. The fraction of sp³-hybridized carbons (Fsp3) is 0.333. The molecule has 6 heteroatoms. The Kier molecular flexibility index (Phi) is 8.73. The molecule has 0 aromatic heterocycles. The molecule has 0 fully saturated rings. The molecule has 5 nitrogen and oxygen atoms in total. The van der Waals surface area contributed by atoms with Crippen LogP contribution in [-0.2, 0) is 17.6 Å². The van der Waals surface area contributed by atoms with E-state index in [4.69, 9.17) is 18.6 Å². The van der Waals surface area contributed by atoms with Crippen molar-refractivity contribution in [3.63, 3.8) is 0 Å². The molecule has 0 saturated carbocycles. The lowest BCUT2D eigenvalue weighted by molar-refractivity contribution is 0.275. The van der Waals surface area contributed by atoms with Gasteiger partial charge in [-0.1, -0.05) is 62.9 Å². The highest BCUT2D eigenvalue weighted by atomic mass is 28.4. The van der Waals surface area contributed by atoms with Gasteiger partial charge in [0.2, 0.25) is 0 Å². The van der Waals surface area contributed by atoms with Crippen LogP contribution in [0.2, 0.25) is 18.1 Å². The highest BCUT2D eigenvalue weighted by Crippen LogP contribution is 2.38. The zero-order valence-corrected chi connectivity index (χ0v) is 23.3. The van der Waals surface area contributed by atoms with Crippen LogP contribution in [0.5, 0.6) is 23.0 Å². The third-order valence-corrected chi connectivity index (χ3v) is 11.0. The Balaban J connectivity index is 1.86. The molecule has 36 heavy (non-hydrogen) atoms. The number of rotatable bonds is 8. The molecule has 1 N–H and O–H groups in total. The summed E-state index contributed by atoms with van der Waals surface area (Å²) in [5.41, 5.74) is 3.18. The normalized spacial score (nSPS) is 11.4. The van der Waals surface area contributed by atoms with E-state index in [0.29, 0.717) is 36.0 Å². The number of phenols is 1. The predicted octanol–water partition coefficient (Wildman–Crippen LogP) is 6.91. The van der Waals surface area contributed by atoms with Crippen molar-refractivity contribution in [2.24, 2.45) is 0 Å². The fourth-order valence-corrected chi connectivity index (χ4v) is 4.18. The molecule has 3 rings (SSSR count). The van der Waals surface area contributed by atoms with Gasteiger partial charge in [0.15, 0.2) is 31.3 Å². The zero-order chi connectivity index (χ0) is 26.3. The van der Waals surface area contributed by atoms with E-state index in [-0.39, 0.29) is 10.8 Å². The molecule has 0 aliphatic rings. The molecule has 0 unspecified atom stereocenters. The number of hydrogen-bond acceptors (Lipinski definition) is 5. The van der Waals surface area contributed by atoms with Crippen LogP contribution in [0.4, 0.5) is 0 Å². The van der Waals surface area contributed by atoms with Gasteiger partial charge in [-0.25, -0.2) is 0 Å². The number of hydrogen-bond donors (Lipinski definition) is 1. The standard InChI is InChI=1S/C30H36O5Si/c1-30(2,3)36(6,7)35-21-24-17-25(29(31)28(19-24)33-5)15-13-22-14-16-26(32-4)27(18-22)34-20-23-11-9-8-10-12-23/h8-12,14,16-19,31H,20-21H2,1-7H3. The highest BCUT2D eigenvalue weighted by molar-refractivity contribution is 6.74. The second-order valence-electron chi connectivity index (χ2n) is 10.1. The van der Waals surface area contributed by atoms with Crippen molar-refractivity contribution in [2.75, 3.05) is 14.2 Å². The van der Waals surface area contributed by atoms with Gasteiger partial charge in [0.1, 0.15) is 6.61 Å². The molecule has 0 spiro atoms. The van der Waals surface area contributed by atoms with Gasteiger partial charge in [0.25, 0.3) is 0 Å². The molecule has 0 atom stereocenters. The van der Waals surface area contributed by atoms with E-state index >= 15 is 0 Å². The van der Waals surface area contributed by atoms with E-state index in [2.05, 4.69) is 45.7 Å². The number of phenolic OH excluding ortho intramolecular Hbond substituents is 1. The zero-order valence-electron chi connectivity index (χ0n) is 22.3. The van der Waals surface area contributed by atoms with Crippen molar-refractivity contribution in [3.8, 4) is 34.8 Å². The SMILES string of the molecule is COc1ccc(C#Cc2cc(CO[Si](C)(C)C(C)(C)C)cc(OC)c2O)cc1OCc1ccccc1. The lowest BCUT2D eigenvalue weighted by atomic mass is 10.1. The van der Waals surface area contributed by atoms with Crippen molar-refractivity contribution in [1.82, 2.24) is 0 Å². The van der Waals surface area contributed by atoms with Gasteiger partial charge in [0.05, 0.1) is 26.4 Å². The molecule has 0 aliphatic heterocycles. The van der Waals surface area contributed by atoms with Crippen LogP contribution in [0.3, 0.4) is 0 Å². The van der Waals surface area contributed by atoms with E-state index in [0.717, 1.165) is 16.7 Å². The van der Waals surface area contributed by atoms with E-state index in [9.17, 15) is 5.11 Å². The van der Waals surface area contributed by atoms with Crippen LogP contribution >= 0.6 is 0 Å². The topological polar surface area (TPSA) is 57.2 Å². The average Bonchev–Trinajstić information content (AvgIpc) is 2.86. The van der Waals surface area contributed by atoms with Crippen molar-refractivity contribution >= 4 is 8.32 Å². The minimum atomic E-state index is -1.93. The Morgan fingerprint density at radius 1 is 0.778 bits per heavy atom. The number of ether oxygens (including phenoxy) is 3. The summed E-state index contributed by atoms with van der Waals surface area (Å²) in [6.45, 7) is 11.9. The largest absolute Gasteiger partial charge is 0.503 e. The Hall–Kier alpha value is -3.40. The Morgan fingerprint density at radius 2 is 1.47 bits per heavy atom. The summed E-state index contributed by atoms with van der Waals surface area (Å²) in [7, 11) is 1.21. The molecule has 0 heterocycles. The predicted molar refractivity (Wildman–Crippen MR) is 146 cm³/mol. The first-order valence-corrected chi connectivity index (χ1v) is 14.9. The van der Waals surface area contributed by atoms with Gasteiger partial charge >= 0.3 is 0 Å². The third kappa shape index (κ3) is 6.84. The highest BCUT2D eigenvalue weighted by Gasteiger charge is 2.37. The lowest BCUT2D eigenvalue weighted by Crippen LogP contribution is -2.40. The second kappa shape index (κ2) is 11.6. The summed E-state index contributed by atoms with van der Waals surface area (Å²) in [5.74, 6) is 7.84. The number of methoxy groups -OCH3 is 2. The molecule has 3 aromatic rings. The Labute approximate surface area is 216 Å². The molecule has 0 bridgehead atoms. The maximum absolute atomic E-state index is 10.7. The van der Waals surface area contributed by atoms with Crippen LogP contribution < -0.4 is 14.2 Å². The minimum absolute atomic E-state index is 0.00939. The van der Waals surface area contributed by atoms with Gasteiger partial charge < -0.3 is 23.7 Å². The molecule has 0 saturated heterocycles. The molecule has 190 valence electrons.